The quantitative estimate of drug-likeness (QED) is 0.0268. The number of aromatic nitrogens is 6. The maximum atomic E-state index is 14.6. The first-order chi connectivity index (χ1) is 67.6. The van der Waals surface area contributed by atoms with Crippen LogP contribution in [0.1, 0.15) is 150 Å². The maximum absolute atomic E-state index is 14.6. The fraction of sp³-hybridized carbons (Fsp3) is 0.529. The van der Waals surface area contributed by atoms with Crippen molar-refractivity contribution in [2.75, 3.05) is 119 Å². The van der Waals surface area contributed by atoms with Crippen LogP contribution in [0.2, 0.25) is 0 Å². The average Bonchev–Trinajstić information content (AvgIpc) is 1.10. The molecular formula is C102H130F6N16O18. The zero-order valence-electron chi connectivity index (χ0n) is 81.7. The number of urea groups is 2. The largest absolute Gasteiger partial charge is 0.490 e. The normalized spacial score (nSPS) is 20.6. The van der Waals surface area contributed by atoms with Gasteiger partial charge < -0.3 is 69.2 Å². The smallest absolute Gasteiger partial charge is 0.475 e. The highest BCUT2D eigenvalue weighted by Gasteiger charge is 2.42. The van der Waals surface area contributed by atoms with Gasteiger partial charge in [0.2, 0.25) is 11.8 Å². The number of aliphatic carboxylic acids is 2. The van der Waals surface area contributed by atoms with E-state index >= 15 is 0 Å². The molecule has 16 rings (SSSR count). The number of halogens is 6. The van der Waals surface area contributed by atoms with Crippen LogP contribution in [0.15, 0.2) is 144 Å². The van der Waals surface area contributed by atoms with Crippen LogP contribution in [0, 0.1) is 37.5 Å². The summed E-state index contributed by atoms with van der Waals surface area (Å²) in [6, 6.07) is 25.8. The van der Waals surface area contributed by atoms with E-state index in [9.17, 15) is 74.3 Å². The zero-order chi connectivity index (χ0) is 103. The number of piperidine rings is 4. The third-order valence-electron chi connectivity index (χ3n) is 27.7. The summed E-state index contributed by atoms with van der Waals surface area (Å²) in [7, 11) is 4.33. The Morgan fingerprint density at radius 3 is 1.56 bits per heavy atom. The summed E-state index contributed by atoms with van der Waals surface area (Å²) in [5, 5.41) is 33.4. The topological polar surface area (TPSA) is 378 Å². The summed E-state index contributed by atoms with van der Waals surface area (Å²) >= 11 is 0. The Bertz CT molecular complexity index is 5960. The highest BCUT2D eigenvalue weighted by Crippen LogP contribution is 2.34. The minimum atomic E-state index is -5.08. The van der Waals surface area contributed by atoms with Crippen molar-refractivity contribution in [2.45, 2.75) is 207 Å². The zero-order valence-corrected chi connectivity index (χ0v) is 81.7. The van der Waals surface area contributed by atoms with Gasteiger partial charge in [0.1, 0.15) is 12.1 Å². The molecule has 4 aromatic heterocycles. The number of alkyl halides is 6. The van der Waals surface area contributed by atoms with E-state index < -0.39 is 60.1 Å². The van der Waals surface area contributed by atoms with E-state index in [1.165, 1.54) is 9.13 Å². The monoisotopic (exact) mass is 1980 g/mol. The van der Waals surface area contributed by atoms with Crippen LogP contribution in [0.4, 0.5) is 35.9 Å². The van der Waals surface area contributed by atoms with Crippen LogP contribution in [0.5, 0.6) is 0 Å². The van der Waals surface area contributed by atoms with Crippen LogP contribution in [-0.2, 0) is 97.1 Å². The second-order valence-electron chi connectivity index (χ2n) is 38.1. The van der Waals surface area contributed by atoms with Crippen molar-refractivity contribution in [1.29, 1.82) is 0 Å². The number of amides is 6. The number of hydrogen-bond donors (Lipinski definition) is 4. The summed E-state index contributed by atoms with van der Waals surface area (Å²) in [5.74, 6) is -9.04. The van der Waals surface area contributed by atoms with Crippen LogP contribution in [0.3, 0.4) is 0 Å². The number of hydrogen-bond acceptors (Lipinski definition) is 22. The van der Waals surface area contributed by atoms with Gasteiger partial charge in [-0.15, -0.1) is 13.2 Å². The van der Waals surface area contributed by atoms with Gasteiger partial charge in [-0.1, -0.05) is 101 Å². The summed E-state index contributed by atoms with van der Waals surface area (Å²) in [6.07, 6.45) is 9.77. The first-order valence-corrected chi connectivity index (χ1v) is 48.5. The Hall–Kier alpha value is -12.8. The predicted octanol–water partition coefficient (Wildman–Crippen LogP) is 12.1. The molecule has 4 aromatic carbocycles. The second kappa shape index (κ2) is 49.2. The number of fused-ring (bicyclic) bond motifs is 18. The minimum Gasteiger partial charge on any atom is -0.475 e. The number of carboxylic acid groups (broad SMARTS) is 2. The highest BCUT2D eigenvalue weighted by molar-refractivity contribution is 5.91. The van der Waals surface area contributed by atoms with Gasteiger partial charge in [0.15, 0.2) is 26.9 Å². The molecule has 6 saturated heterocycles. The molecule has 8 aliphatic rings. The van der Waals surface area contributed by atoms with Crippen LogP contribution in [-0.4, -0.2) is 293 Å². The molecule has 0 radical (unpaired) electrons. The van der Waals surface area contributed by atoms with Gasteiger partial charge in [0.25, 0.3) is 11.1 Å². The molecule has 8 aliphatic heterocycles. The number of pyridine rings is 2. The first kappa shape index (κ1) is 108. The summed E-state index contributed by atoms with van der Waals surface area (Å²) in [6.45, 7) is 29.5. The number of esters is 4. The predicted molar refractivity (Wildman–Crippen MR) is 518 cm³/mol. The summed E-state index contributed by atoms with van der Waals surface area (Å²) in [5.41, 5.74) is 7.28. The van der Waals surface area contributed by atoms with Gasteiger partial charge >= 0.3 is 60.2 Å². The number of carboxylic acids is 2. The number of rotatable bonds is 18. The lowest BCUT2D eigenvalue weighted by Gasteiger charge is -2.43. The van der Waals surface area contributed by atoms with Crippen molar-refractivity contribution in [3.8, 4) is 0 Å². The molecule has 4 unspecified atom stereocenters. The second-order valence-corrected chi connectivity index (χ2v) is 38.1. The van der Waals surface area contributed by atoms with Gasteiger partial charge in [-0.2, -0.15) is 36.5 Å². The number of para-hydroxylation sites is 2. The van der Waals surface area contributed by atoms with Crippen LogP contribution >= 0.6 is 0 Å². The molecule has 0 saturated carbocycles. The molecule has 0 spiro atoms. The van der Waals surface area contributed by atoms with E-state index in [4.69, 9.17) is 43.8 Å². The third-order valence-corrected chi connectivity index (χ3v) is 27.7. The number of nitrogens with zero attached hydrogens (tertiary/aromatic N) is 14. The number of likely N-dealkylation sites (tertiary alicyclic amines) is 3. The van der Waals surface area contributed by atoms with E-state index in [1.54, 1.807) is 59.0 Å². The number of nitrogens with one attached hydrogen (secondary N) is 2. The van der Waals surface area contributed by atoms with Crippen LogP contribution < -0.4 is 21.8 Å². The number of carbonyl (C=O) groups is 10. The minimum absolute atomic E-state index is 0.0245. The lowest BCUT2D eigenvalue weighted by molar-refractivity contribution is -0.193. The Morgan fingerprint density at radius 2 is 1.02 bits per heavy atom. The van der Waals surface area contributed by atoms with Crippen molar-refractivity contribution in [3.05, 3.63) is 189 Å². The molecule has 6 amide bonds. The fourth-order valence-electron chi connectivity index (χ4n) is 19.3. The van der Waals surface area contributed by atoms with Crippen molar-refractivity contribution < 1.29 is 103 Å². The SMILES string of the molecule is C=CCC(C)C(=O)OCn1cc2cc(C[C@@H](NC(=O)N3CCC(c4cc5ccccc5n(COC(=O)C(C)CC=C)c4=O)CC3)C(=O)N3CCN(C4CCN(C)CC4)CC3)cc(C)c2n1.Cc1cc2cc3cn(nc13)COC(=O)C(C)C/C=C\CC(C)C(=O)OCn1c(=O)c(cc3ccccc31)C1CCN(CC1)C(=O)N[C@@H](C(=O)N1CCN(C3CCN(C)CC3)CC1)C2.O=C(O)C(F)(F)F.O=C(O)C(F)(F)F. The summed E-state index contributed by atoms with van der Waals surface area (Å²) in [4.78, 5) is 172. The van der Waals surface area contributed by atoms with E-state index in [1.807, 2.05) is 133 Å². The number of benzene rings is 4. The molecule has 8 aromatic rings. The molecule has 4 N–H and O–H groups in total. The van der Waals surface area contributed by atoms with Gasteiger partial charge in [-0.25, -0.2) is 28.5 Å². The highest BCUT2D eigenvalue weighted by atomic mass is 19.4. The molecular weight excluding hydrogens is 1850 g/mol. The number of carbonyl (C=O) groups excluding carboxylic acids is 8. The lowest BCUT2D eigenvalue weighted by atomic mass is 9.89. The van der Waals surface area contributed by atoms with Gasteiger partial charge in [0.05, 0.1) is 45.7 Å². The Balaban J connectivity index is 0.000000223. The van der Waals surface area contributed by atoms with Crippen LogP contribution in [0.25, 0.3) is 43.6 Å². The molecule has 768 valence electrons. The molecule has 0 aliphatic carbocycles. The van der Waals surface area contributed by atoms with E-state index in [2.05, 4.69) is 62.6 Å². The van der Waals surface area contributed by atoms with E-state index in [0.717, 1.165) is 133 Å². The lowest BCUT2D eigenvalue weighted by Crippen LogP contribution is -2.59. The van der Waals surface area contributed by atoms with Crippen molar-refractivity contribution >= 4 is 103 Å². The van der Waals surface area contributed by atoms with Gasteiger partial charge in [-0.3, -0.25) is 57.3 Å². The molecule has 7 bridgehead atoms. The van der Waals surface area contributed by atoms with Crippen molar-refractivity contribution in [3.63, 3.8) is 0 Å². The standard InChI is InChI=1S/C50H66N8O7.C48H62N8O7.2C2HF3O2/c1-7-11-34(3)48(61)64-32-57-31-40-28-37(27-36(5)45(40)52-57)29-43(47(60)55-25-23-54(24-26-55)41-17-19-53(6)20-18-41)51-50(63)56-21-15-38(16-22-56)42-30-39-13-9-10-14-44(39)58(46(42)59)33-65-49(62)35(4)12-8-2;1-32-9-5-6-10-33(2)47(60)63-31-56-42-12-8-7-11-37(42)28-40(44(56)57)36-13-19-54(20-14-36)48(61)49-41(45(58)53-23-21-52(22-24-53)39-15-17-51(4)18-16-39)27-35-25-34(3)43-38(26-35)29-55(50-43)30-62-46(32)59;2*3-2(4,5)1(6)7/h7-10,13-14,27-28,30-31,34-35,38,41,43H,1-2,11-12,15-26,29,32-33H2,3-6H3,(H,51,63);5-8,11-12,25-26,28-29,32-33,36,39,41H,9-10,13-24,27,30-31H2,1-4H3,(H,49,61);2*(H,6,7)/b;6-5-;;/t34?,35?,43-;32?,33?,41-;;/m11../s1. The molecule has 40 heteroatoms. The molecule has 12 heterocycles. The Morgan fingerprint density at radius 1 is 0.549 bits per heavy atom. The van der Waals surface area contributed by atoms with Gasteiger partial charge in [-0.05, 0) is 212 Å². The number of piperazine rings is 2. The van der Waals surface area contributed by atoms with Crippen molar-refractivity contribution in [2.24, 2.45) is 23.7 Å². The van der Waals surface area contributed by atoms with E-state index in [-0.39, 0.29) is 110 Å². The third kappa shape index (κ3) is 28.6. The molecule has 6 atom stereocenters. The molecule has 6 fully saturated rings. The first-order valence-electron chi connectivity index (χ1n) is 48.5. The number of allylic oxidation sites excluding steroid dienone is 4. The van der Waals surface area contributed by atoms with Gasteiger partial charge in [0, 0.05) is 138 Å². The molecule has 34 nitrogen and oxygen atoms in total. The Labute approximate surface area is 819 Å². The number of ether oxygens (including phenoxy) is 4. The molecule has 142 heavy (non-hydrogen) atoms. The summed E-state index contributed by atoms with van der Waals surface area (Å²) < 4.78 is 92.3. The van der Waals surface area contributed by atoms with E-state index in [0.29, 0.717) is 138 Å². The van der Waals surface area contributed by atoms with Crippen molar-refractivity contribution in [1.82, 2.24) is 78.5 Å². The number of aryl methyl sites for hydroxylation is 2. The maximum Gasteiger partial charge on any atom is 0.490 e. The fourth-order valence-corrected chi connectivity index (χ4v) is 19.3. The average molecular weight is 1980 g/mol. The Kier molecular flexibility index (Phi) is 37.5.